The van der Waals surface area contributed by atoms with Gasteiger partial charge in [0.15, 0.2) is 5.43 Å². The Morgan fingerprint density at radius 3 is 2.72 bits per heavy atom. The smallest absolute Gasteiger partial charge is 0.374 e. The zero-order valence-electron chi connectivity index (χ0n) is 10.6. The highest BCUT2D eigenvalue weighted by atomic mass is 16.5. The fraction of sp³-hybridized carbons (Fsp3) is 0.286. The van der Waals surface area contributed by atoms with Gasteiger partial charge in [-0.05, 0) is 38.5 Å². The van der Waals surface area contributed by atoms with E-state index in [-0.39, 0.29) is 23.4 Å². The van der Waals surface area contributed by atoms with Crippen molar-refractivity contribution in [1.29, 1.82) is 0 Å². The number of rotatable bonds is 2. The summed E-state index contributed by atoms with van der Waals surface area (Å²) in [7, 11) is 0. The average Bonchev–Trinajstić information content (AvgIpc) is 2.33. The number of carbonyl (C=O) groups excluding carboxylic acids is 1. The molecule has 0 amide bonds. The Morgan fingerprint density at radius 1 is 1.33 bits per heavy atom. The molecule has 1 heterocycles. The number of carbonyl (C=O) groups is 1. The van der Waals surface area contributed by atoms with E-state index in [1.165, 1.54) is 0 Å². The highest BCUT2D eigenvalue weighted by Gasteiger charge is 2.18. The van der Waals surface area contributed by atoms with E-state index >= 15 is 0 Å². The van der Waals surface area contributed by atoms with Crippen LogP contribution in [-0.4, -0.2) is 12.6 Å². The quantitative estimate of drug-likeness (QED) is 0.764. The summed E-state index contributed by atoms with van der Waals surface area (Å²) in [5.41, 5.74) is 1.46. The summed E-state index contributed by atoms with van der Waals surface area (Å²) in [5, 5.41) is 0.478. The summed E-state index contributed by atoms with van der Waals surface area (Å²) in [5.74, 6) is -0.615. The summed E-state index contributed by atoms with van der Waals surface area (Å²) < 4.78 is 10.4. The predicted octanol–water partition coefficient (Wildman–Crippen LogP) is 2.59. The van der Waals surface area contributed by atoms with E-state index in [4.69, 9.17) is 9.15 Å². The van der Waals surface area contributed by atoms with Crippen molar-refractivity contribution >= 4 is 16.9 Å². The summed E-state index contributed by atoms with van der Waals surface area (Å²) in [6.45, 7) is 5.41. The maximum atomic E-state index is 12.1. The third-order valence-electron chi connectivity index (χ3n) is 2.74. The molecule has 18 heavy (non-hydrogen) atoms. The molecule has 0 atom stereocenters. The summed E-state index contributed by atoms with van der Waals surface area (Å²) in [4.78, 5) is 23.8. The minimum absolute atomic E-state index is 0.0139. The van der Waals surface area contributed by atoms with Crippen molar-refractivity contribution in [3.05, 3.63) is 45.3 Å². The zero-order valence-corrected chi connectivity index (χ0v) is 10.6. The first kappa shape index (κ1) is 12.4. The Bertz CT molecular complexity index is 667. The second-order valence-electron chi connectivity index (χ2n) is 4.11. The largest absolute Gasteiger partial charge is 0.460 e. The van der Waals surface area contributed by atoms with Crippen LogP contribution in [0, 0.1) is 13.8 Å². The number of benzene rings is 1. The van der Waals surface area contributed by atoms with Crippen molar-refractivity contribution in [2.24, 2.45) is 0 Å². The molecule has 4 nitrogen and oxygen atoms in total. The van der Waals surface area contributed by atoms with Crippen molar-refractivity contribution in [3.63, 3.8) is 0 Å². The maximum absolute atomic E-state index is 12.1. The van der Waals surface area contributed by atoms with Crippen LogP contribution in [0.25, 0.3) is 11.0 Å². The van der Waals surface area contributed by atoms with Gasteiger partial charge >= 0.3 is 5.97 Å². The Hall–Kier alpha value is -2.10. The number of fused-ring (bicyclic) bond motifs is 1. The van der Waals surface area contributed by atoms with E-state index in [0.29, 0.717) is 11.0 Å². The van der Waals surface area contributed by atoms with Crippen LogP contribution in [0.2, 0.25) is 0 Å². The van der Waals surface area contributed by atoms with Crippen LogP contribution in [0.3, 0.4) is 0 Å². The standard InChI is InChI=1S/C14H14O4/c1-4-17-14(16)13-9(3)12(15)10-6-5-8(2)7-11(10)18-13/h5-7H,4H2,1-3H3. The molecule has 0 unspecified atom stereocenters. The number of aryl methyl sites for hydroxylation is 1. The first-order chi connectivity index (χ1) is 8.54. The fourth-order valence-electron chi connectivity index (χ4n) is 1.78. The number of esters is 1. The van der Waals surface area contributed by atoms with Crippen LogP contribution >= 0.6 is 0 Å². The lowest BCUT2D eigenvalue weighted by atomic mass is 10.1. The van der Waals surface area contributed by atoms with Crippen molar-refractivity contribution in [2.75, 3.05) is 6.61 Å². The molecule has 0 spiro atoms. The second-order valence-corrected chi connectivity index (χ2v) is 4.11. The molecule has 1 aromatic carbocycles. The lowest BCUT2D eigenvalue weighted by Crippen LogP contribution is -2.15. The fourth-order valence-corrected chi connectivity index (χ4v) is 1.78. The van der Waals surface area contributed by atoms with E-state index in [0.717, 1.165) is 5.56 Å². The van der Waals surface area contributed by atoms with Crippen LogP contribution in [-0.2, 0) is 4.74 Å². The molecule has 4 heteroatoms. The normalized spacial score (nSPS) is 10.6. The molecule has 0 saturated carbocycles. The number of hydrogen-bond acceptors (Lipinski definition) is 4. The van der Waals surface area contributed by atoms with Gasteiger partial charge in [0.2, 0.25) is 5.76 Å². The van der Waals surface area contributed by atoms with Crippen LogP contribution in [0.1, 0.15) is 28.6 Å². The molecule has 0 bridgehead atoms. The van der Waals surface area contributed by atoms with Gasteiger partial charge in [0.1, 0.15) is 5.58 Å². The minimum atomic E-state index is -0.601. The first-order valence-electron chi connectivity index (χ1n) is 5.75. The minimum Gasteiger partial charge on any atom is -0.460 e. The van der Waals surface area contributed by atoms with Gasteiger partial charge in [-0.2, -0.15) is 0 Å². The van der Waals surface area contributed by atoms with Gasteiger partial charge in [-0.1, -0.05) is 6.07 Å². The molecule has 94 valence electrons. The van der Waals surface area contributed by atoms with E-state index in [2.05, 4.69) is 0 Å². The third-order valence-corrected chi connectivity index (χ3v) is 2.74. The van der Waals surface area contributed by atoms with Crippen LogP contribution in [0.5, 0.6) is 0 Å². The monoisotopic (exact) mass is 246 g/mol. The molecule has 0 aliphatic carbocycles. The molecule has 2 rings (SSSR count). The summed E-state index contributed by atoms with van der Waals surface area (Å²) in [6, 6.07) is 5.28. The maximum Gasteiger partial charge on any atom is 0.374 e. The molecular formula is C14H14O4. The van der Waals surface area contributed by atoms with Gasteiger partial charge in [0.05, 0.1) is 12.0 Å². The van der Waals surface area contributed by atoms with Gasteiger partial charge in [-0.3, -0.25) is 4.79 Å². The molecule has 0 aliphatic rings. The van der Waals surface area contributed by atoms with E-state index in [1.807, 2.05) is 13.0 Å². The third kappa shape index (κ3) is 2.01. The van der Waals surface area contributed by atoms with Gasteiger partial charge in [-0.25, -0.2) is 4.79 Å². The topological polar surface area (TPSA) is 56.5 Å². The van der Waals surface area contributed by atoms with Crippen LogP contribution < -0.4 is 5.43 Å². The number of hydrogen-bond donors (Lipinski definition) is 0. The molecule has 1 aromatic heterocycles. The highest BCUT2D eigenvalue weighted by molar-refractivity contribution is 5.90. The SMILES string of the molecule is CCOC(=O)c1oc2cc(C)ccc2c(=O)c1C. The van der Waals surface area contributed by atoms with E-state index < -0.39 is 5.97 Å². The van der Waals surface area contributed by atoms with Crippen LogP contribution in [0.4, 0.5) is 0 Å². The van der Waals surface area contributed by atoms with Gasteiger partial charge in [0, 0.05) is 5.56 Å². The Balaban J connectivity index is 2.73. The Labute approximate surface area is 104 Å². The Kier molecular flexibility index (Phi) is 3.19. The molecule has 0 radical (unpaired) electrons. The van der Waals surface area contributed by atoms with Crippen molar-refractivity contribution in [2.45, 2.75) is 20.8 Å². The highest BCUT2D eigenvalue weighted by Crippen LogP contribution is 2.17. The van der Waals surface area contributed by atoms with Gasteiger partial charge < -0.3 is 9.15 Å². The van der Waals surface area contributed by atoms with E-state index in [9.17, 15) is 9.59 Å². The summed E-state index contributed by atoms with van der Waals surface area (Å²) >= 11 is 0. The van der Waals surface area contributed by atoms with Gasteiger partial charge in [0.25, 0.3) is 0 Å². The second kappa shape index (κ2) is 4.64. The molecule has 0 saturated heterocycles. The lowest BCUT2D eigenvalue weighted by Gasteiger charge is -2.06. The molecule has 0 N–H and O–H groups in total. The van der Waals surface area contributed by atoms with Crippen molar-refractivity contribution < 1.29 is 13.9 Å². The number of ether oxygens (including phenoxy) is 1. The first-order valence-corrected chi connectivity index (χ1v) is 5.75. The molecule has 0 fully saturated rings. The lowest BCUT2D eigenvalue weighted by molar-refractivity contribution is 0.0489. The predicted molar refractivity (Wildman–Crippen MR) is 67.9 cm³/mol. The zero-order chi connectivity index (χ0) is 13.3. The molecule has 2 aromatic rings. The van der Waals surface area contributed by atoms with Crippen LogP contribution in [0.15, 0.2) is 27.4 Å². The van der Waals surface area contributed by atoms with Crippen molar-refractivity contribution in [1.82, 2.24) is 0 Å². The molecule has 0 aliphatic heterocycles. The van der Waals surface area contributed by atoms with Crippen molar-refractivity contribution in [3.8, 4) is 0 Å². The van der Waals surface area contributed by atoms with Gasteiger partial charge in [-0.15, -0.1) is 0 Å². The van der Waals surface area contributed by atoms with E-state index in [1.54, 1.807) is 26.0 Å². The molecular weight excluding hydrogens is 232 g/mol. The summed E-state index contributed by atoms with van der Waals surface area (Å²) in [6.07, 6.45) is 0. The Morgan fingerprint density at radius 2 is 2.06 bits per heavy atom. The average molecular weight is 246 g/mol.